The summed E-state index contributed by atoms with van der Waals surface area (Å²) < 4.78 is 5.69. The summed E-state index contributed by atoms with van der Waals surface area (Å²) in [6, 6.07) is 1.90. The Balaban J connectivity index is 2.13. The van der Waals surface area contributed by atoms with Crippen LogP contribution in [-0.4, -0.2) is 50.7 Å². The number of nitrogens with two attached hydrogens (primary N) is 1. The van der Waals surface area contributed by atoms with Gasteiger partial charge in [0.25, 0.3) is 5.91 Å². The number of hydrogen-bond acceptors (Lipinski definition) is 5. The van der Waals surface area contributed by atoms with Crippen molar-refractivity contribution in [3.05, 3.63) is 10.9 Å². The second-order valence-corrected chi connectivity index (χ2v) is 6.27. The van der Waals surface area contributed by atoms with Crippen LogP contribution in [-0.2, 0) is 4.74 Å². The third kappa shape index (κ3) is 3.24. The summed E-state index contributed by atoms with van der Waals surface area (Å²) in [5, 5.41) is 1.05. The van der Waals surface area contributed by atoms with Gasteiger partial charge in [0.1, 0.15) is 4.88 Å². The molecule has 6 heteroatoms. The highest BCUT2D eigenvalue weighted by atomic mass is 32.1. The molecule has 2 rings (SSSR count). The molecule has 1 aliphatic rings. The van der Waals surface area contributed by atoms with E-state index in [9.17, 15) is 4.79 Å². The van der Waals surface area contributed by atoms with E-state index >= 15 is 0 Å². The second-order valence-electron chi connectivity index (χ2n) is 5.24. The monoisotopic (exact) mass is 297 g/mol. The van der Waals surface area contributed by atoms with Gasteiger partial charge in [0, 0.05) is 33.8 Å². The molecule has 20 heavy (non-hydrogen) atoms. The molecule has 2 N–H and O–H groups in total. The van der Waals surface area contributed by atoms with Crippen LogP contribution in [0, 0.1) is 0 Å². The van der Waals surface area contributed by atoms with Crippen molar-refractivity contribution in [2.24, 2.45) is 0 Å². The maximum Gasteiger partial charge on any atom is 0.265 e. The summed E-state index contributed by atoms with van der Waals surface area (Å²) in [6.45, 7) is 4.72. The minimum Gasteiger partial charge on any atom is -0.397 e. The maximum absolute atomic E-state index is 12.0. The van der Waals surface area contributed by atoms with Crippen molar-refractivity contribution in [1.82, 2.24) is 4.90 Å². The van der Waals surface area contributed by atoms with E-state index in [1.54, 1.807) is 19.0 Å². The number of carbonyl (C=O) groups excluding carboxylic acids is 1. The third-order valence-corrected chi connectivity index (χ3v) is 4.69. The molecule has 5 nitrogen and oxygen atoms in total. The second kappa shape index (κ2) is 6.45. The number of likely N-dealkylation sites (N-methyl/N-ethyl adjacent to an activating group) is 1. The smallest absolute Gasteiger partial charge is 0.265 e. The van der Waals surface area contributed by atoms with Gasteiger partial charge < -0.3 is 20.3 Å². The highest BCUT2D eigenvalue weighted by molar-refractivity contribution is 7.18. The van der Waals surface area contributed by atoms with Crippen LogP contribution in [0.5, 0.6) is 0 Å². The number of hydrogen-bond donors (Lipinski definition) is 1. The van der Waals surface area contributed by atoms with Crippen molar-refractivity contribution in [2.45, 2.75) is 25.9 Å². The van der Waals surface area contributed by atoms with Crippen LogP contribution in [0.15, 0.2) is 6.07 Å². The lowest BCUT2D eigenvalue weighted by atomic mass is 10.2. The van der Waals surface area contributed by atoms with Crippen LogP contribution < -0.4 is 10.6 Å². The zero-order chi connectivity index (χ0) is 14.7. The number of amides is 1. The summed E-state index contributed by atoms with van der Waals surface area (Å²) >= 11 is 1.47. The number of carbonyl (C=O) groups is 1. The Bertz CT molecular complexity index is 467. The molecule has 0 radical (unpaired) electrons. The summed E-state index contributed by atoms with van der Waals surface area (Å²) in [7, 11) is 3.48. The Morgan fingerprint density at radius 1 is 1.55 bits per heavy atom. The third-order valence-electron chi connectivity index (χ3n) is 3.49. The average molecular weight is 297 g/mol. The molecular formula is C14H23N3O2S. The molecule has 0 aromatic carbocycles. The van der Waals surface area contributed by atoms with Crippen LogP contribution in [0.1, 0.15) is 29.4 Å². The Labute approximate surface area is 124 Å². The average Bonchev–Trinajstić information content (AvgIpc) is 3.04. The minimum absolute atomic E-state index is 0.0353. The summed E-state index contributed by atoms with van der Waals surface area (Å²) in [4.78, 5) is 16.5. The number of rotatable bonds is 5. The number of thiophene rings is 1. The first-order valence-corrected chi connectivity index (χ1v) is 7.82. The highest BCUT2D eigenvalue weighted by Crippen LogP contribution is 2.33. The summed E-state index contributed by atoms with van der Waals surface area (Å²) in [5.74, 6) is -0.0353. The fourth-order valence-electron chi connectivity index (χ4n) is 2.33. The lowest BCUT2D eigenvalue weighted by molar-refractivity contribution is 0.0833. The van der Waals surface area contributed by atoms with E-state index in [1.165, 1.54) is 11.3 Å². The van der Waals surface area contributed by atoms with Crippen molar-refractivity contribution in [1.29, 1.82) is 0 Å². The highest BCUT2D eigenvalue weighted by Gasteiger charge is 2.22. The molecule has 0 spiro atoms. The molecule has 0 saturated carbocycles. The first-order valence-electron chi connectivity index (χ1n) is 7.00. The van der Waals surface area contributed by atoms with Crippen molar-refractivity contribution in [3.63, 3.8) is 0 Å². The van der Waals surface area contributed by atoms with E-state index in [0.29, 0.717) is 16.7 Å². The molecule has 1 unspecified atom stereocenters. The fraction of sp³-hybridized carbons (Fsp3) is 0.643. The Hall–Kier alpha value is -1.27. The number of nitrogens with zero attached hydrogens (tertiary/aromatic N) is 2. The van der Waals surface area contributed by atoms with Gasteiger partial charge in [-0.3, -0.25) is 4.79 Å². The molecule has 1 aliphatic heterocycles. The minimum atomic E-state index is -0.0353. The number of anilines is 2. The van der Waals surface area contributed by atoms with E-state index in [1.807, 2.05) is 6.07 Å². The van der Waals surface area contributed by atoms with Crippen LogP contribution in [0.2, 0.25) is 0 Å². The number of ether oxygens (including phenoxy) is 1. The molecule has 1 saturated heterocycles. The van der Waals surface area contributed by atoms with Gasteiger partial charge >= 0.3 is 0 Å². The lowest BCUT2D eigenvalue weighted by Crippen LogP contribution is -2.31. The van der Waals surface area contributed by atoms with Gasteiger partial charge in [-0.15, -0.1) is 11.3 Å². The quantitative estimate of drug-likeness (QED) is 0.903. The molecule has 1 aromatic heterocycles. The first kappa shape index (κ1) is 15.1. The molecule has 0 aliphatic carbocycles. The topological polar surface area (TPSA) is 58.8 Å². The SMILES string of the molecule is CCN(CC1CCCO1)c1cc(N)c(C(=O)N(C)C)s1. The van der Waals surface area contributed by atoms with E-state index < -0.39 is 0 Å². The lowest BCUT2D eigenvalue weighted by Gasteiger charge is -2.24. The largest absolute Gasteiger partial charge is 0.397 e. The van der Waals surface area contributed by atoms with Crippen LogP contribution >= 0.6 is 11.3 Å². The molecule has 0 bridgehead atoms. The molecule has 1 atom stereocenters. The fourth-order valence-corrected chi connectivity index (χ4v) is 3.50. The van der Waals surface area contributed by atoms with Crippen molar-refractivity contribution < 1.29 is 9.53 Å². The van der Waals surface area contributed by atoms with Gasteiger partial charge in [0.05, 0.1) is 16.8 Å². The van der Waals surface area contributed by atoms with Crippen LogP contribution in [0.4, 0.5) is 10.7 Å². The number of nitrogen functional groups attached to an aromatic ring is 1. The Morgan fingerprint density at radius 3 is 2.85 bits per heavy atom. The zero-order valence-electron chi connectivity index (χ0n) is 12.4. The van der Waals surface area contributed by atoms with Crippen molar-refractivity contribution in [2.75, 3.05) is 44.4 Å². The van der Waals surface area contributed by atoms with Crippen LogP contribution in [0.3, 0.4) is 0 Å². The van der Waals surface area contributed by atoms with E-state index in [0.717, 1.165) is 37.5 Å². The van der Waals surface area contributed by atoms with Crippen molar-refractivity contribution >= 4 is 27.9 Å². The molecule has 1 aromatic rings. The van der Waals surface area contributed by atoms with Crippen LogP contribution in [0.25, 0.3) is 0 Å². The normalized spacial score (nSPS) is 18.2. The predicted octanol–water partition coefficient (Wildman–Crippen LogP) is 2.04. The standard InChI is InChI=1S/C14H23N3O2S/c1-4-17(9-10-6-5-7-19-10)12-8-11(15)13(20-12)14(18)16(2)3/h8,10H,4-7,9,15H2,1-3H3. The predicted molar refractivity (Wildman–Crippen MR) is 83.6 cm³/mol. The van der Waals surface area contributed by atoms with Gasteiger partial charge in [-0.1, -0.05) is 0 Å². The Kier molecular flexibility index (Phi) is 4.88. The van der Waals surface area contributed by atoms with E-state index in [2.05, 4.69) is 11.8 Å². The summed E-state index contributed by atoms with van der Waals surface area (Å²) in [6.07, 6.45) is 2.55. The first-order chi connectivity index (χ1) is 9.52. The van der Waals surface area contributed by atoms with Crippen molar-refractivity contribution in [3.8, 4) is 0 Å². The van der Waals surface area contributed by atoms with Gasteiger partial charge in [-0.2, -0.15) is 0 Å². The van der Waals surface area contributed by atoms with Gasteiger partial charge in [0.15, 0.2) is 0 Å². The van der Waals surface area contributed by atoms with Gasteiger partial charge in [-0.05, 0) is 25.8 Å². The molecule has 1 amide bonds. The molecule has 2 heterocycles. The maximum atomic E-state index is 12.0. The van der Waals surface area contributed by atoms with E-state index in [4.69, 9.17) is 10.5 Å². The van der Waals surface area contributed by atoms with E-state index in [-0.39, 0.29) is 5.91 Å². The molecule has 1 fully saturated rings. The molecule has 112 valence electrons. The zero-order valence-corrected chi connectivity index (χ0v) is 13.2. The van der Waals surface area contributed by atoms with Gasteiger partial charge in [-0.25, -0.2) is 0 Å². The Morgan fingerprint density at radius 2 is 2.30 bits per heavy atom. The molecular weight excluding hydrogens is 274 g/mol. The van der Waals surface area contributed by atoms with Gasteiger partial charge in [0.2, 0.25) is 0 Å². The summed E-state index contributed by atoms with van der Waals surface area (Å²) in [5.41, 5.74) is 6.55.